The number of halogens is 1. The van der Waals surface area contributed by atoms with Gasteiger partial charge in [0.25, 0.3) is 5.91 Å². The average Bonchev–Trinajstić information content (AvgIpc) is 3.06. The second kappa shape index (κ2) is 6.64. The molecule has 0 bridgehead atoms. The lowest BCUT2D eigenvalue weighted by Crippen LogP contribution is -2.35. The maximum Gasteiger partial charge on any atom is 0.258 e. The van der Waals surface area contributed by atoms with E-state index < -0.39 is 0 Å². The van der Waals surface area contributed by atoms with Crippen molar-refractivity contribution in [1.29, 1.82) is 0 Å². The lowest BCUT2D eigenvalue weighted by Gasteiger charge is -2.30. The molecule has 1 saturated heterocycles. The Morgan fingerprint density at radius 1 is 0.960 bits per heavy atom. The Morgan fingerprint density at radius 3 is 2.44 bits per heavy atom. The third kappa shape index (κ3) is 3.09. The lowest BCUT2D eigenvalue weighted by atomic mass is 10.0. The van der Waals surface area contributed by atoms with Crippen LogP contribution >= 0.6 is 15.9 Å². The van der Waals surface area contributed by atoms with Crippen LogP contribution in [-0.2, 0) is 11.2 Å². The molecule has 0 atom stereocenters. The number of fused-ring (bicyclic) bond motifs is 1. The van der Waals surface area contributed by atoms with Crippen LogP contribution in [-0.4, -0.2) is 24.9 Å². The van der Waals surface area contributed by atoms with Gasteiger partial charge < -0.3 is 9.80 Å². The zero-order valence-electron chi connectivity index (χ0n) is 13.9. The Kier molecular flexibility index (Phi) is 4.34. The summed E-state index contributed by atoms with van der Waals surface area (Å²) in [6.07, 6.45) is 3.48. The van der Waals surface area contributed by atoms with Crippen LogP contribution < -0.4 is 9.80 Å². The van der Waals surface area contributed by atoms with Crippen LogP contribution in [0.25, 0.3) is 0 Å². The molecule has 2 amide bonds. The fourth-order valence-electron chi connectivity index (χ4n) is 3.64. The first kappa shape index (κ1) is 16.3. The maximum absolute atomic E-state index is 13.0. The maximum atomic E-state index is 13.0. The molecule has 0 N–H and O–H groups in total. The molecule has 2 aromatic carbocycles. The van der Waals surface area contributed by atoms with Crippen molar-refractivity contribution in [3.05, 3.63) is 58.1 Å². The zero-order chi connectivity index (χ0) is 17.4. The van der Waals surface area contributed by atoms with E-state index in [1.807, 2.05) is 41.3 Å². The average molecular weight is 399 g/mol. The quantitative estimate of drug-likeness (QED) is 0.761. The summed E-state index contributed by atoms with van der Waals surface area (Å²) in [5, 5.41) is 0. The van der Waals surface area contributed by atoms with Gasteiger partial charge in [-0.1, -0.05) is 15.9 Å². The van der Waals surface area contributed by atoms with Crippen LogP contribution in [0.5, 0.6) is 0 Å². The summed E-state index contributed by atoms with van der Waals surface area (Å²) < 4.78 is 1.04. The molecule has 0 aliphatic carbocycles. The van der Waals surface area contributed by atoms with Gasteiger partial charge in [0.1, 0.15) is 0 Å². The molecule has 128 valence electrons. The van der Waals surface area contributed by atoms with Crippen molar-refractivity contribution >= 4 is 39.1 Å². The van der Waals surface area contributed by atoms with Crippen LogP contribution in [0.3, 0.4) is 0 Å². The highest BCUT2D eigenvalue weighted by molar-refractivity contribution is 9.10. The van der Waals surface area contributed by atoms with Gasteiger partial charge in [-0.3, -0.25) is 9.59 Å². The van der Waals surface area contributed by atoms with Gasteiger partial charge in [0.15, 0.2) is 0 Å². The Labute approximate surface area is 155 Å². The molecule has 2 heterocycles. The van der Waals surface area contributed by atoms with Gasteiger partial charge in [-0.05, 0) is 67.3 Å². The van der Waals surface area contributed by atoms with Crippen molar-refractivity contribution in [3.63, 3.8) is 0 Å². The summed E-state index contributed by atoms with van der Waals surface area (Å²) in [6.45, 7) is 1.50. The summed E-state index contributed by atoms with van der Waals surface area (Å²) in [6, 6.07) is 13.5. The standard InChI is InChI=1S/C20H19BrN2O2/c21-16-7-10-18-15(13-16)3-1-12-23(18)20(25)14-5-8-17(9-6-14)22-11-2-4-19(22)24/h5-10,13H,1-4,11-12H2. The van der Waals surface area contributed by atoms with E-state index >= 15 is 0 Å². The molecule has 2 aromatic rings. The molecular weight excluding hydrogens is 380 g/mol. The number of rotatable bonds is 2. The van der Waals surface area contributed by atoms with Crippen molar-refractivity contribution < 1.29 is 9.59 Å². The van der Waals surface area contributed by atoms with Crippen LogP contribution in [0.4, 0.5) is 11.4 Å². The zero-order valence-corrected chi connectivity index (χ0v) is 15.5. The monoisotopic (exact) mass is 398 g/mol. The number of aryl methyl sites for hydroxylation is 1. The number of hydrogen-bond acceptors (Lipinski definition) is 2. The van der Waals surface area contributed by atoms with Crippen LogP contribution in [0.1, 0.15) is 35.2 Å². The number of benzene rings is 2. The first-order valence-electron chi connectivity index (χ1n) is 8.64. The molecule has 1 fully saturated rings. The van der Waals surface area contributed by atoms with Gasteiger partial charge in [-0.2, -0.15) is 0 Å². The van der Waals surface area contributed by atoms with Gasteiger partial charge in [0, 0.05) is 40.9 Å². The molecule has 0 radical (unpaired) electrons. The van der Waals surface area contributed by atoms with Gasteiger partial charge in [-0.15, -0.1) is 0 Å². The smallest absolute Gasteiger partial charge is 0.258 e. The molecule has 4 nitrogen and oxygen atoms in total. The molecule has 0 unspecified atom stereocenters. The molecule has 2 aliphatic heterocycles. The first-order valence-corrected chi connectivity index (χ1v) is 9.43. The second-order valence-corrected chi connectivity index (χ2v) is 7.44. The molecule has 4 rings (SSSR count). The van der Waals surface area contributed by atoms with E-state index in [0.717, 1.165) is 48.2 Å². The molecular formula is C20H19BrN2O2. The Morgan fingerprint density at radius 2 is 1.72 bits per heavy atom. The molecule has 0 saturated carbocycles. The molecule has 0 aromatic heterocycles. The van der Waals surface area contributed by atoms with E-state index in [0.29, 0.717) is 12.0 Å². The Bertz CT molecular complexity index is 832. The number of anilines is 2. The van der Waals surface area contributed by atoms with Crippen LogP contribution in [0.2, 0.25) is 0 Å². The van der Waals surface area contributed by atoms with Crippen molar-refractivity contribution in [3.8, 4) is 0 Å². The minimum atomic E-state index is 0.0163. The van der Waals surface area contributed by atoms with Gasteiger partial charge in [0.2, 0.25) is 5.91 Å². The number of carbonyl (C=O) groups excluding carboxylic acids is 2. The number of carbonyl (C=O) groups is 2. The van der Waals surface area contributed by atoms with Crippen molar-refractivity contribution in [2.75, 3.05) is 22.9 Å². The summed E-state index contributed by atoms with van der Waals surface area (Å²) in [5.74, 6) is 0.178. The largest absolute Gasteiger partial charge is 0.312 e. The van der Waals surface area contributed by atoms with E-state index in [1.165, 1.54) is 5.56 Å². The van der Waals surface area contributed by atoms with Crippen molar-refractivity contribution in [1.82, 2.24) is 0 Å². The van der Waals surface area contributed by atoms with E-state index in [2.05, 4.69) is 22.0 Å². The minimum absolute atomic E-state index is 0.0163. The Hall–Kier alpha value is -2.14. The highest BCUT2D eigenvalue weighted by Gasteiger charge is 2.25. The highest BCUT2D eigenvalue weighted by atomic mass is 79.9. The third-order valence-electron chi connectivity index (χ3n) is 4.90. The van der Waals surface area contributed by atoms with E-state index in [1.54, 1.807) is 4.90 Å². The number of hydrogen-bond donors (Lipinski definition) is 0. The first-order chi connectivity index (χ1) is 12.1. The minimum Gasteiger partial charge on any atom is -0.312 e. The predicted molar refractivity (Wildman–Crippen MR) is 102 cm³/mol. The SMILES string of the molecule is O=C1CCCN1c1ccc(C(=O)N2CCCc3cc(Br)ccc32)cc1. The molecule has 5 heteroatoms. The highest BCUT2D eigenvalue weighted by Crippen LogP contribution is 2.31. The summed E-state index contributed by atoms with van der Waals surface area (Å²) in [4.78, 5) is 28.5. The van der Waals surface area contributed by atoms with E-state index in [-0.39, 0.29) is 11.8 Å². The van der Waals surface area contributed by atoms with Gasteiger partial charge >= 0.3 is 0 Å². The van der Waals surface area contributed by atoms with Crippen LogP contribution in [0, 0.1) is 0 Å². The fourth-order valence-corrected chi connectivity index (χ4v) is 4.05. The van der Waals surface area contributed by atoms with Crippen molar-refractivity contribution in [2.45, 2.75) is 25.7 Å². The van der Waals surface area contributed by atoms with Crippen LogP contribution in [0.15, 0.2) is 46.9 Å². The van der Waals surface area contributed by atoms with Crippen molar-refractivity contribution in [2.24, 2.45) is 0 Å². The molecule has 0 spiro atoms. The topological polar surface area (TPSA) is 40.6 Å². The molecule has 25 heavy (non-hydrogen) atoms. The predicted octanol–water partition coefficient (Wildman–Crippen LogP) is 4.17. The van der Waals surface area contributed by atoms with E-state index in [9.17, 15) is 9.59 Å². The Balaban J connectivity index is 1.59. The molecule has 2 aliphatic rings. The summed E-state index contributed by atoms with van der Waals surface area (Å²) in [7, 11) is 0. The lowest BCUT2D eigenvalue weighted by molar-refractivity contribution is -0.117. The second-order valence-electron chi connectivity index (χ2n) is 6.53. The summed E-state index contributed by atoms with van der Waals surface area (Å²) in [5.41, 5.74) is 3.74. The third-order valence-corrected chi connectivity index (χ3v) is 5.40. The normalized spacial score (nSPS) is 16.9. The fraction of sp³-hybridized carbons (Fsp3) is 0.300. The number of nitrogens with zero attached hydrogens (tertiary/aromatic N) is 2. The van der Waals surface area contributed by atoms with Gasteiger partial charge in [-0.25, -0.2) is 0 Å². The number of amides is 2. The van der Waals surface area contributed by atoms with Gasteiger partial charge in [0.05, 0.1) is 0 Å². The summed E-state index contributed by atoms with van der Waals surface area (Å²) >= 11 is 3.50. The van der Waals surface area contributed by atoms with E-state index in [4.69, 9.17) is 0 Å².